The maximum absolute atomic E-state index is 15.1. The summed E-state index contributed by atoms with van der Waals surface area (Å²) >= 11 is 0. The van der Waals surface area contributed by atoms with Gasteiger partial charge in [0, 0.05) is 54.4 Å². The molecule has 1 aliphatic carbocycles. The van der Waals surface area contributed by atoms with Crippen LogP contribution >= 0.6 is 0 Å². The lowest BCUT2D eigenvalue weighted by atomic mass is 9.81. The molecule has 3 aliphatic rings. The summed E-state index contributed by atoms with van der Waals surface area (Å²) in [7, 11) is 0. The highest BCUT2D eigenvalue weighted by molar-refractivity contribution is 5.93. The molecule has 236 valence electrons. The van der Waals surface area contributed by atoms with Crippen molar-refractivity contribution in [3.8, 4) is 11.4 Å². The van der Waals surface area contributed by atoms with Crippen LogP contribution in [0.1, 0.15) is 64.9 Å². The normalized spacial score (nSPS) is 19.8. The predicted molar refractivity (Wildman–Crippen MR) is 160 cm³/mol. The molecule has 0 fully saturated rings. The number of aromatic nitrogens is 5. The SMILES string of the molecule is CC[C@@]1(O)C(=O)OCc2c1cc1n(c2=O)Cc2c-1nc1cc(F)c(C)c3c1c2[C@@H](NCCOCCn1cc(CCO)nn1)CC3. The number of carbonyl (C=O) groups is 1. The molecule has 0 radical (unpaired) electrons. The van der Waals surface area contributed by atoms with Gasteiger partial charge < -0.3 is 29.6 Å². The fourth-order valence-corrected chi connectivity index (χ4v) is 7.00. The summed E-state index contributed by atoms with van der Waals surface area (Å²) in [5.41, 5.74) is 3.97. The van der Waals surface area contributed by atoms with Crippen LogP contribution in [-0.4, -0.2) is 67.1 Å². The van der Waals surface area contributed by atoms with Crippen molar-refractivity contribution in [1.82, 2.24) is 29.9 Å². The minimum absolute atomic E-state index is 0.0249. The molecule has 0 bridgehead atoms. The van der Waals surface area contributed by atoms with Gasteiger partial charge in [0.1, 0.15) is 12.4 Å². The molecule has 2 aliphatic heterocycles. The molecule has 0 saturated carbocycles. The van der Waals surface area contributed by atoms with Crippen LogP contribution in [0.2, 0.25) is 0 Å². The summed E-state index contributed by atoms with van der Waals surface area (Å²) in [5.74, 6) is -1.10. The Hall–Kier alpha value is -4.04. The second kappa shape index (κ2) is 11.4. The molecule has 3 aromatic heterocycles. The molecular formula is C32H35FN6O6. The van der Waals surface area contributed by atoms with Crippen molar-refractivity contribution in [2.24, 2.45) is 0 Å². The lowest BCUT2D eigenvalue weighted by Crippen LogP contribution is -2.44. The third-order valence-corrected chi connectivity index (χ3v) is 9.43. The van der Waals surface area contributed by atoms with Gasteiger partial charge in [0.25, 0.3) is 5.56 Å². The quantitative estimate of drug-likeness (QED) is 0.156. The number of aliphatic hydroxyl groups is 2. The van der Waals surface area contributed by atoms with Crippen LogP contribution in [0.3, 0.4) is 0 Å². The monoisotopic (exact) mass is 618 g/mol. The second-order valence-corrected chi connectivity index (χ2v) is 11.9. The van der Waals surface area contributed by atoms with Crippen LogP contribution in [0, 0.1) is 12.7 Å². The maximum atomic E-state index is 15.1. The number of pyridine rings is 2. The fourth-order valence-electron chi connectivity index (χ4n) is 7.00. The van der Waals surface area contributed by atoms with Gasteiger partial charge in [-0.25, -0.2) is 18.9 Å². The maximum Gasteiger partial charge on any atom is 0.343 e. The number of nitrogens with one attached hydrogen (secondary N) is 1. The second-order valence-electron chi connectivity index (χ2n) is 11.9. The zero-order chi connectivity index (χ0) is 31.5. The van der Waals surface area contributed by atoms with E-state index >= 15 is 4.39 Å². The minimum atomic E-state index is -1.92. The molecule has 7 rings (SSSR count). The van der Waals surface area contributed by atoms with E-state index in [1.54, 1.807) is 35.4 Å². The van der Waals surface area contributed by atoms with Crippen LogP contribution in [0.5, 0.6) is 0 Å². The predicted octanol–water partition coefficient (Wildman–Crippen LogP) is 1.95. The van der Waals surface area contributed by atoms with E-state index in [1.165, 1.54) is 6.07 Å². The van der Waals surface area contributed by atoms with E-state index in [9.17, 15) is 14.7 Å². The standard InChI is InChI=1S/C32H35FN6O6/c1-3-32(43)22-12-26-29-20(15-39(26)30(41)21(22)16-45-31(32)42)28-24(5-4-19-17(2)23(33)13-25(35-29)27(19)28)34-7-10-44-11-8-38-14-18(6-9-40)36-37-38/h12-14,24,34,40,43H,3-11,15-16H2,1-2H3/t24-,32-/m0/s1. The zero-order valence-electron chi connectivity index (χ0n) is 25.2. The number of rotatable bonds is 10. The number of esters is 1. The molecule has 1 aromatic carbocycles. The lowest BCUT2D eigenvalue weighted by molar-refractivity contribution is -0.172. The van der Waals surface area contributed by atoms with Gasteiger partial charge in [-0.05, 0) is 48.9 Å². The number of aliphatic hydroxyl groups excluding tert-OH is 1. The number of hydrogen-bond acceptors (Lipinski definition) is 10. The van der Waals surface area contributed by atoms with Gasteiger partial charge in [-0.2, -0.15) is 0 Å². The Kier molecular flexibility index (Phi) is 7.51. The Morgan fingerprint density at radius 2 is 2.07 bits per heavy atom. The topological polar surface area (TPSA) is 154 Å². The van der Waals surface area contributed by atoms with E-state index < -0.39 is 11.6 Å². The van der Waals surface area contributed by atoms with Gasteiger partial charge in [-0.15, -0.1) is 5.10 Å². The zero-order valence-corrected chi connectivity index (χ0v) is 25.2. The van der Waals surface area contributed by atoms with E-state index in [-0.39, 0.29) is 54.7 Å². The van der Waals surface area contributed by atoms with Gasteiger partial charge >= 0.3 is 5.97 Å². The molecule has 5 heterocycles. The number of cyclic esters (lactones) is 1. The van der Waals surface area contributed by atoms with Crippen molar-refractivity contribution < 1.29 is 28.9 Å². The highest BCUT2D eigenvalue weighted by Crippen LogP contribution is 2.45. The van der Waals surface area contributed by atoms with Crippen molar-refractivity contribution in [3.63, 3.8) is 0 Å². The molecule has 13 heteroatoms. The number of benzene rings is 1. The number of fused-ring (bicyclic) bond motifs is 5. The van der Waals surface area contributed by atoms with Gasteiger partial charge in [0.05, 0.1) is 54.5 Å². The highest BCUT2D eigenvalue weighted by atomic mass is 19.1. The van der Waals surface area contributed by atoms with Crippen molar-refractivity contribution in [1.29, 1.82) is 0 Å². The lowest BCUT2D eigenvalue weighted by Gasteiger charge is -2.31. The van der Waals surface area contributed by atoms with E-state index in [1.807, 2.05) is 0 Å². The molecule has 0 unspecified atom stereocenters. The molecule has 12 nitrogen and oxygen atoms in total. The molecule has 2 atom stereocenters. The summed E-state index contributed by atoms with van der Waals surface area (Å²) < 4.78 is 29.5. The molecule has 3 N–H and O–H groups in total. The first-order valence-corrected chi connectivity index (χ1v) is 15.4. The minimum Gasteiger partial charge on any atom is -0.458 e. The number of aryl methyl sites for hydroxylation is 1. The number of carbonyl (C=O) groups excluding carboxylic acids is 1. The third kappa shape index (κ3) is 4.76. The Balaban J connectivity index is 1.20. The van der Waals surface area contributed by atoms with Crippen LogP contribution < -0.4 is 10.9 Å². The van der Waals surface area contributed by atoms with Crippen LogP contribution in [-0.2, 0) is 52.4 Å². The number of ether oxygens (including phenoxy) is 2. The smallest absolute Gasteiger partial charge is 0.343 e. The average Bonchev–Trinajstić information content (AvgIpc) is 3.64. The summed E-state index contributed by atoms with van der Waals surface area (Å²) in [4.78, 5) is 31.3. The molecule has 0 saturated heterocycles. The highest BCUT2D eigenvalue weighted by Gasteiger charge is 2.46. The average molecular weight is 619 g/mol. The van der Waals surface area contributed by atoms with E-state index in [2.05, 4.69) is 15.6 Å². The number of halogens is 1. The van der Waals surface area contributed by atoms with Crippen LogP contribution in [0.15, 0.2) is 23.1 Å². The first-order chi connectivity index (χ1) is 21.7. The summed E-state index contributed by atoms with van der Waals surface area (Å²) in [5, 5.41) is 32.9. The summed E-state index contributed by atoms with van der Waals surface area (Å²) in [6.07, 6.45) is 3.72. The Labute approximate surface area is 257 Å². The van der Waals surface area contributed by atoms with Crippen LogP contribution in [0.4, 0.5) is 4.39 Å². The fraction of sp³-hybridized carbons (Fsp3) is 0.469. The first kappa shape index (κ1) is 29.7. The largest absolute Gasteiger partial charge is 0.458 e. The third-order valence-electron chi connectivity index (χ3n) is 9.43. The molecule has 0 spiro atoms. The van der Waals surface area contributed by atoms with E-state index in [0.29, 0.717) is 61.6 Å². The van der Waals surface area contributed by atoms with Gasteiger partial charge in [-0.1, -0.05) is 12.1 Å². The Morgan fingerprint density at radius 3 is 2.87 bits per heavy atom. The summed E-state index contributed by atoms with van der Waals surface area (Å²) in [6, 6.07) is 3.06. The molecular weight excluding hydrogens is 583 g/mol. The van der Waals surface area contributed by atoms with Crippen molar-refractivity contribution in [2.45, 2.75) is 70.9 Å². The number of nitrogens with zero attached hydrogens (tertiary/aromatic N) is 5. The molecule has 0 amide bonds. The van der Waals surface area contributed by atoms with Gasteiger partial charge in [0.15, 0.2) is 5.60 Å². The van der Waals surface area contributed by atoms with Crippen LogP contribution in [0.25, 0.3) is 22.3 Å². The Morgan fingerprint density at radius 1 is 1.22 bits per heavy atom. The Bertz CT molecular complexity index is 1900. The first-order valence-electron chi connectivity index (χ1n) is 15.4. The van der Waals surface area contributed by atoms with E-state index in [0.717, 1.165) is 34.2 Å². The van der Waals surface area contributed by atoms with Gasteiger partial charge in [0.2, 0.25) is 0 Å². The summed E-state index contributed by atoms with van der Waals surface area (Å²) in [6.45, 7) is 5.57. The van der Waals surface area contributed by atoms with E-state index in [4.69, 9.17) is 19.6 Å². The van der Waals surface area contributed by atoms with Crippen molar-refractivity contribution >= 4 is 16.9 Å². The molecule has 4 aromatic rings. The molecule has 45 heavy (non-hydrogen) atoms. The van der Waals surface area contributed by atoms with Crippen molar-refractivity contribution in [2.75, 3.05) is 26.4 Å². The van der Waals surface area contributed by atoms with Crippen molar-refractivity contribution in [3.05, 3.63) is 73.6 Å². The van der Waals surface area contributed by atoms with Gasteiger partial charge in [-0.3, -0.25) is 4.79 Å². The number of hydrogen-bond donors (Lipinski definition) is 3.